The molecule has 1 aromatic heterocycles. The van der Waals surface area contributed by atoms with Crippen molar-refractivity contribution in [2.24, 2.45) is 5.73 Å². The summed E-state index contributed by atoms with van der Waals surface area (Å²) in [5.74, 6) is 0.511. The van der Waals surface area contributed by atoms with Gasteiger partial charge in [-0.15, -0.1) is 0 Å². The Balaban J connectivity index is 2.24. The van der Waals surface area contributed by atoms with E-state index >= 15 is 0 Å². The van der Waals surface area contributed by atoms with E-state index in [2.05, 4.69) is 5.32 Å². The lowest BCUT2D eigenvalue weighted by molar-refractivity contribution is 0.0820. The first-order chi connectivity index (χ1) is 7.77. The zero-order valence-electron chi connectivity index (χ0n) is 8.94. The van der Waals surface area contributed by atoms with Crippen molar-refractivity contribution >= 4 is 5.91 Å². The molecular formula is C10H16N2O4. The Morgan fingerprint density at radius 3 is 2.94 bits per heavy atom. The van der Waals surface area contributed by atoms with Gasteiger partial charge in [0, 0.05) is 6.54 Å². The van der Waals surface area contributed by atoms with Crippen LogP contribution in [0.15, 0.2) is 16.5 Å². The van der Waals surface area contributed by atoms with Crippen molar-refractivity contribution in [3.05, 3.63) is 23.7 Å². The van der Waals surface area contributed by atoms with Crippen LogP contribution < -0.4 is 11.1 Å². The van der Waals surface area contributed by atoms with E-state index in [0.29, 0.717) is 18.9 Å². The first kappa shape index (κ1) is 12.7. The number of rotatable bonds is 7. The van der Waals surface area contributed by atoms with Gasteiger partial charge in [0.05, 0.1) is 26.4 Å². The molecule has 4 N–H and O–H groups in total. The first-order valence-corrected chi connectivity index (χ1v) is 5.03. The number of amides is 1. The van der Waals surface area contributed by atoms with Gasteiger partial charge >= 0.3 is 0 Å². The number of nitrogens with one attached hydrogen (secondary N) is 1. The van der Waals surface area contributed by atoms with Crippen LogP contribution in [0.3, 0.4) is 0 Å². The standard InChI is InChI=1S/C10H16N2O4/c11-7-8-1-2-9(16-8)10(14)12-3-5-15-6-4-13/h1-2,13H,3-7,11H2,(H,12,14). The molecule has 1 aromatic rings. The molecule has 0 bridgehead atoms. The van der Waals surface area contributed by atoms with Crippen molar-refractivity contribution in [1.29, 1.82) is 0 Å². The number of furan rings is 1. The average molecular weight is 228 g/mol. The topological polar surface area (TPSA) is 97.7 Å². The summed E-state index contributed by atoms with van der Waals surface area (Å²) < 4.78 is 10.1. The van der Waals surface area contributed by atoms with Crippen LogP contribution >= 0.6 is 0 Å². The second-order valence-electron chi connectivity index (χ2n) is 3.06. The van der Waals surface area contributed by atoms with Gasteiger partial charge in [0.1, 0.15) is 5.76 Å². The molecule has 1 rings (SSSR count). The number of carbonyl (C=O) groups is 1. The molecule has 1 heterocycles. The largest absolute Gasteiger partial charge is 0.455 e. The van der Waals surface area contributed by atoms with Gasteiger partial charge in [-0.25, -0.2) is 0 Å². The highest BCUT2D eigenvalue weighted by molar-refractivity contribution is 5.91. The molecule has 90 valence electrons. The third-order valence-corrected chi connectivity index (χ3v) is 1.85. The molecule has 0 radical (unpaired) electrons. The number of nitrogens with two attached hydrogens (primary N) is 1. The fourth-order valence-electron chi connectivity index (χ4n) is 1.10. The van der Waals surface area contributed by atoms with Crippen molar-refractivity contribution in [3.8, 4) is 0 Å². The van der Waals surface area contributed by atoms with E-state index in [-0.39, 0.29) is 31.4 Å². The molecule has 1 amide bonds. The molecule has 0 aromatic carbocycles. The minimum Gasteiger partial charge on any atom is -0.455 e. The molecule has 6 nitrogen and oxygen atoms in total. The highest BCUT2D eigenvalue weighted by atomic mass is 16.5. The van der Waals surface area contributed by atoms with Crippen molar-refractivity contribution < 1.29 is 19.1 Å². The minimum atomic E-state index is -0.299. The van der Waals surface area contributed by atoms with Gasteiger partial charge < -0.3 is 25.3 Å². The van der Waals surface area contributed by atoms with E-state index < -0.39 is 0 Å². The first-order valence-electron chi connectivity index (χ1n) is 5.03. The summed E-state index contributed by atoms with van der Waals surface area (Å²) in [6.45, 7) is 1.25. The highest BCUT2D eigenvalue weighted by Crippen LogP contribution is 2.06. The summed E-state index contributed by atoms with van der Waals surface area (Å²) in [6.07, 6.45) is 0. The monoisotopic (exact) mass is 228 g/mol. The predicted octanol–water partition coefficient (Wildman–Crippen LogP) is -0.523. The fraction of sp³-hybridized carbons (Fsp3) is 0.500. The zero-order valence-corrected chi connectivity index (χ0v) is 8.94. The average Bonchev–Trinajstić information content (AvgIpc) is 2.77. The molecule has 0 saturated carbocycles. The highest BCUT2D eigenvalue weighted by Gasteiger charge is 2.09. The number of aliphatic hydroxyl groups excluding tert-OH is 1. The second-order valence-corrected chi connectivity index (χ2v) is 3.06. The van der Waals surface area contributed by atoms with Gasteiger partial charge in [0.2, 0.25) is 0 Å². The molecule has 0 saturated heterocycles. The van der Waals surface area contributed by atoms with E-state index in [1.54, 1.807) is 12.1 Å². The van der Waals surface area contributed by atoms with E-state index in [9.17, 15) is 4.79 Å². The Hall–Kier alpha value is -1.37. The molecule has 0 atom stereocenters. The molecule has 0 aliphatic carbocycles. The third kappa shape index (κ3) is 4.01. The fourth-order valence-corrected chi connectivity index (χ4v) is 1.10. The van der Waals surface area contributed by atoms with Crippen molar-refractivity contribution in [2.75, 3.05) is 26.4 Å². The van der Waals surface area contributed by atoms with Crippen molar-refractivity contribution in [3.63, 3.8) is 0 Å². The van der Waals surface area contributed by atoms with Gasteiger partial charge in [-0.05, 0) is 12.1 Å². The van der Waals surface area contributed by atoms with E-state index in [1.807, 2.05) is 0 Å². The molecule has 0 aliphatic heterocycles. The van der Waals surface area contributed by atoms with E-state index in [0.717, 1.165) is 0 Å². The van der Waals surface area contributed by atoms with E-state index in [1.165, 1.54) is 0 Å². The van der Waals surface area contributed by atoms with E-state index in [4.69, 9.17) is 20.0 Å². The summed E-state index contributed by atoms with van der Waals surface area (Å²) in [6, 6.07) is 3.24. The molecule has 0 unspecified atom stereocenters. The summed E-state index contributed by atoms with van der Waals surface area (Å²) in [4.78, 5) is 11.5. The third-order valence-electron chi connectivity index (χ3n) is 1.85. The molecule has 16 heavy (non-hydrogen) atoms. The van der Waals surface area contributed by atoms with Crippen LogP contribution in [0.4, 0.5) is 0 Å². The van der Waals surface area contributed by atoms with Crippen LogP contribution in [0.2, 0.25) is 0 Å². The second kappa shape index (κ2) is 7.00. The molecular weight excluding hydrogens is 212 g/mol. The van der Waals surface area contributed by atoms with Crippen LogP contribution in [-0.4, -0.2) is 37.4 Å². The normalized spacial score (nSPS) is 10.4. The predicted molar refractivity (Wildman–Crippen MR) is 56.8 cm³/mol. The minimum absolute atomic E-state index is 0.0218. The Morgan fingerprint density at radius 2 is 2.31 bits per heavy atom. The zero-order chi connectivity index (χ0) is 11.8. The van der Waals surface area contributed by atoms with Gasteiger partial charge in [0.25, 0.3) is 5.91 Å². The van der Waals surface area contributed by atoms with Gasteiger partial charge in [-0.3, -0.25) is 4.79 Å². The molecule has 6 heteroatoms. The summed E-state index contributed by atoms with van der Waals surface area (Å²) in [7, 11) is 0. The number of hydrogen-bond acceptors (Lipinski definition) is 5. The molecule has 0 aliphatic rings. The quantitative estimate of drug-likeness (QED) is 0.545. The number of ether oxygens (including phenoxy) is 1. The Labute approximate surface area is 93.4 Å². The van der Waals surface area contributed by atoms with Gasteiger partial charge in [-0.1, -0.05) is 0 Å². The smallest absolute Gasteiger partial charge is 0.287 e. The number of aliphatic hydroxyl groups is 1. The maximum atomic E-state index is 11.5. The SMILES string of the molecule is NCc1ccc(C(=O)NCCOCCO)o1. The van der Waals surface area contributed by atoms with Crippen molar-refractivity contribution in [2.45, 2.75) is 6.54 Å². The van der Waals surface area contributed by atoms with Gasteiger partial charge in [0.15, 0.2) is 5.76 Å². The van der Waals surface area contributed by atoms with Gasteiger partial charge in [-0.2, -0.15) is 0 Å². The molecule has 0 fully saturated rings. The maximum absolute atomic E-state index is 11.5. The van der Waals surface area contributed by atoms with Crippen LogP contribution in [-0.2, 0) is 11.3 Å². The van der Waals surface area contributed by atoms with Crippen LogP contribution in [0.1, 0.15) is 16.3 Å². The Bertz CT molecular complexity index is 324. The van der Waals surface area contributed by atoms with Crippen LogP contribution in [0.25, 0.3) is 0 Å². The summed E-state index contributed by atoms with van der Waals surface area (Å²) in [5.41, 5.74) is 5.35. The lowest BCUT2D eigenvalue weighted by Gasteiger charge is -2.03. The number of hydrogen-bond donors (Lipinski definition) is 3. The number of carbonyl (C=O) groups excluding carboxylic acids is 1. The molecule has 0 spiro atoms. The lowest BCUT2D eigenvalue weighted by atomic mass is 10.4. The van der Waals surface area contributed by atoms with Crippen molar-refractivity contribution in [1.82, 2.24) is 5.32 Å². The van der Waals surface area contributed by atoms with Crippen LogP contribution in [0.5, 0.6) is 0 Å². The summed E-state index contributed by atoms with van der Waals surface area (Å²) in [5, 5.41) is 11.1. The van der Waals surface area contributed by atoms with Crippen LogP contribution in [0, 0.1) is 0 Å². The Kier molecular flexibility index (Phi) is 5.55. The Morgan fingerprint density at radius 1 is 1.50 bits per heavy atom. The maximum Gasteiger partial charge on any atom is 0.287 e. The summed E-state index contributed by atoms with van der Waals surface area (Å²) >= 11 is 0. The lowest BCUT2D eigenvalue weighted by Crippen LogP contribution is -2.27.